The molecule has 0 nitrogen and oxygen atoms in total. The summed E-state index contributed by atoms with van der Waals surface area (Å²) in [4.78, 5) is 0. The van der Waals surface area contributed by atoms with Crippen molar-refractivity contribution in [3.63, 3.8) is 0 Å². The first-order chi connectivity index (χ1) is 8.36. The molecular formula is C16H13F. The van der Waals surface area contributed by atoms with E-state index in [0.717, 1.165) is 24.0 Å². The Morgan fingerprint density at radius 1 is 0.824 bits per heavy atom. The van der Waals surface area contributed by atoms with Crippen molar-refractivity contribution in [1.82, 2.24) is 0 Å². The molecule has 0 aliphatic heterocycles. The average molecular weight is 224 g/mol. The third kappa shape index (κ3) is 1.78. The molecular weight excluding hydrogens is 211 g/mol. The number of allylic oxidation sites excluding steroid dienone is 1. The fraction of sp³-hybridized carbons (Fsp3) is 0.125. The predicted octanol–water partition coefficient (Wildman–Crippen LogP) is 4.47. The van der Waals surface area contributed by atoms with Gasteiger partial charge in [0.25, 0.3) is 0 Å². The lowest BCUT2D eigenvalue weighted by Crippen LogP contribution is -1.84. The molecule has 0 saturated carbocycles. The number of fused-ring (bicyclic) bond motifs is 1. The summed E-state index contributed by atoms with van der Waals surface area (Å²) in [6.45, 7) is 0. The summed E-state index contributed by atoms with van der Waals surface area (Å²) < 4.78 is 14.4. The van der Waals surface area contributed by atoms with E-state index in [9.17, 15) is 4.39 Å². The second-order valence-electron chi connectivity index (χ2n) is 4.32. The minimum absolute atomic E-state index is 0.0736. The Hall–Kier alpha value is -1.89. The van der Waals surface area contributed by atoms with Crippen molar-refractivity contribution in [3.8, 4) is 0 Å². The van der Waals surface area contributed by atoms with Crippen LogP contribution >= 0.6 is 0 Å². The van der Waals surface area contributed by atoms with E-state index in [-0.39, 0.29) is 5.83 Å². The highest BCUT2D eigenvalue weighted by atomic mass is 19.1. The zero-order valence-corrected chi connectivity index (χ0v) is 9.49. The van der Waals surface area contributed by atoms with Gasteiger partial charge in [0, 0.05) is 5.56 Å². The summed E-state index contributed by atoms with van der Waals surface area (Å²) in [5.74, 6) is -0.0736. The van der Waals surface area contributed by atoms with E-state index in [2.05, 4.69) is 6.07 Å². The van der Waals surface area contributed by atoms with Crippen LogP contribution in [0.4, 0.5) is 4.39 Å². The molecule has 1 aliphatic carbocycles. The fourth-order valence-electron chi connectivity index (χ4n) is 2.41. The van der Waals surface area contributed by atoms with Crippen LogP contribution in [0.1, 0.15) is 23.1 Å². The van der Waals surface area contributed by atoms with E-state index in [1.165, 1.54) is 5.56 Å². The van der Waals surface area contributed by atoms with Crippen molar-refractivity contribution in [3.05, 3.63) is 71.3 Å². The van der Waals surface area contributed by atoms with Crippen LogP contribution in [0, 0.1) is 0 Å². The SMILES string of the molecule is F/C(=C1\CCc2ccccc21)c1ccccc1. The van der Waals surface area contributed by atoms with E-state index in [1.807, 2.05) is 48.5 Å². The smallest absolute Gasteiger partial charge is 0.134 e. The summed E-state index contributed by atoms with van der Waals surface area (Å²) >= 11 is 0. The second-order valence-corrected chi connectivity index (χ2v) is 4.32. The number of hydrogen-bond acceptors (Lipinski definition) is 0. The number of benzene rings is 2. The first kappa shape index (κ1) is 10.3. The molecule has 84 valence electrons. The highest BCUT2D eigenvalue weighted by Gasteiger charge is 2.19. The normalized spacial score (nSPS) is 16.8. The average Bonchev–Trinajstić information content (AvgIpc) is 2.83. The van der Waals surface area contributed by atoms with Gasteiger partial charge in [0.2, 0.25) is 0 Å². The molecule has 0 radical (unpaired) electrons. The summed E-state index contributed by atoms with van der Waals surface area (Å²) in [6.07, 6.45) is 1.76. The summed E-state index contributed by atoms with van der Waals surface area (Å²) in [7, 11) is 0. The van der Waals surface area contributed by atoms with E-state index >= 15 is 0 Å². The second kappa shape index (κ2) is 4.17. The molecule has 1 heteroatoms. The van der Waals surface area contributed by atoms with Crippen LogP contribution in [0.2, 0.25) is 0 Å². The lowest BCUT2D eigenvalue weighted by atomic mass is 10.0. The molecule has 0 N–H and O–H groups in total. The maximum absolute atomic E-state index is 14.4. The van der Waals surface area contributed by atoms with Gasteiger partial charge in [-0.3, -0.25) is 0 Å². The summed E-state index contributed by atoms with van der Waals surface area (Å²) in [6, 6.07) is 17.4. The fourth-order valence-corrected chi connectivity index (χ4v) is 2.41. The van der Waals surface area contributed by atoms with Crippen molar-refractivity contribution in [2.24, 2.45) is 0 Å². The minimum atomic E-state index is -0.0736. The lowest BCUT2D eigenvalue weighted by molar-refractivity contribution is 0.759. The highest BCUT2D eigenvalue weighted by molar-refractivity contribution is 5.90. The molecule has 3 rings (SSSR count). The molecule has 0 heterocycles. The van der Waals surface area contributed by atoms with Gasteiger partial charge in [-0.1, -0.05) is 54.6 Å². The Morgan fingerprint density at radius 2 is 1.53 bits per heavy atom. The van der Waals surface area contributed by atoms with Crippen LogP contribution in [0.3, 0.4) is 0 Å². The molecule has 0 amide bonds. The van der Waals surface area contributed by atoms with Crippen molar-refractivity contribution in [2.45, 2.75) is 12.8 Å². The molecule has 2 aromatic rings. The number of rotatable bonds is 1. The summed E-state index contributed by atoms with van der Waals surface area (Å²) in [5.41, 5.74) is 3.87. The molecule has 0 atom stereocenters. The molecule has 0 saturated heterocycles. The van der Waals surface area contributed by atoms with Gasteiger partial charge < -0.3 is 0 Å². The maximum Gasteiger partial charge on any atom is 0.134 e. The van der Waals surface area contributed by atoms with Crippen LogP contribution in [0.15, 0.2) is 54.6 Å². The third-order valence-corrected chi connectivity index (χ3v) is 3.28. The van der Waals surface area contributed by atoms with Crippen LogP contribution < -0.4 is 0 Å². The zero-order valence-electron chi connectivity index (χ0n) is 9.49. The molecule has 2 aromatic carbocycles. The van der Waals surface area contributed by atoms with Crippen molar-refractivity contribution in [1.29, 1.82) is 0 Å². The maximum atomic E-state index is 14.4. The molecule has 0 spiro atoms. The van der Waals surface area contributed by atoms with Crippen LogP contribution in [-0.2, 0) is 6.42 Å². The monoisotopic (exact) mass is 224 g/mol. The van der Waals surface area contributed by atoms with Gasteiger partial charge in [-0.15, -0.1) is 0 Å². The molecule has 17 heavy (non-hydrogen) atoms. The van der Waals surface area contributed by atoms with E-state index in [4.69, 9.17) is 0 Å². The molecule has 1 aliphatic rings. The predicted molar refractivity (Wildman–Crippen MR) is 69.1 cm³/mol. The highest BCUT2D eigenvalue weighted by Crippen LogP contribution is 2.38. The van der Waals surface area contributed by atoms with E-state index in [1.54, 1.807) is 0 Å². The van der Waals surface area contributed by atoms with E-state index in [0.29, 0.717) is 5.56 Å². The van der Waals surface area contributed by atoms with Gasteiger partial charge in [-0.25, -0.2) is 4.39 Å². The van der Waals surface area contributed by atoms with Gasteiger partial charge in [-0.2, -0.15) is 0 Å². The van der Waals surface area contributed by atoms with Crippen molar-refractivity contribution in [2.75, 3.05) is 0 Å². The van der Waals surface area contributed by atoms with Gasteiger partial charge in [-0.05, 0) is 29.5 Å². The van der Waals surface area contributed by atoms with Gasteiger partial charge in [0.05, 0.1) is 0 Å². The topological polar surface area (TPSA) is 0 Å². The Balaban J connectivity index is 2.12. The van der Waals surface area contributed by atoms with Crippen LogP contribution in [0.25, 0.3) is 11.4 Å². The standard InChI is InChI=1S/C16H13F/c17-16(13-7-2-1-3-8-13)15-11-10-12-6-4-5-9-14(12)15/h1-9H,10-11H2/b16-15+. The van der Waals surface area contributed by atoms with Crippen molar-refractivity contribution >= 4 is 11.4 Å². The Labute approximate surface area is 100 Å². The van der Waals surface area contributed by atoms with Gasteiger partial charge in [0.15, 0.2) is 0 Å². The molecule has 0 aromatic heterocycles. The quantitative estimate of drug-likeness (QED) is 0.670. The first-order valence-corrected chi connectivity index (χ1v) is 5.88. The Kier molecular flexibility index (Phi) is 2.52. The number of aryl methyl sites for hydroxylation is 1. The third-order valence-electron chi connectivity index (χ3n) is 3.28. The Bertz CT molecular complexity index is 567. The van der Waals surface area contributed by atoms with Crippen molar-refractivity contribution < 1.29 is 4.39 Å². The number of halogens is 1. The lowest BCUT2D eigenvalue weighted by Gasteiger charge is -2.04. The van der Waals surface area contributed by atoms with Crippen LogP contribution in [-0.4, -0.2) is 0 Å². The molecule has 0 unspecified atom stereocenters. The largest absolute Gasteiger partial charge is 0.206 e. The molecule has 0 bridgehead atoms. The van der Waals surface area contributed by atoms with E-state index < -0.39 is 0 Å². The Morgan fingerprint density at radius 3 is 2.35 bits per heavy atom. The van der Waals surface area contributed by atoms with Gasteiger partial charge >= 0.3 is 0 Å². The molecule has 0 fully saturated rings. The zero-order chi connectivity index (χ0) is 11.7. The summed E-state index contributed by atoms with van der Waals surface area (Å²) in [5, 5.41) is 0. The minimum Gasteiger partial charge on any atom is -0.206 e. The van der Waals surface area contributed by atoms with Gasteiger partial charge in [0.1, 0.15) is 5.83 Å². The van der Waals surface area contributed by atoms with Crippen LogP contribution in [0.5, 0.6) is 0 Å². The number of hydrogen-bond donors (Lipinski definition) is 0. The first-order valence-electron chi connectivity index (χ1n) is 5.88.